The van der Waals surface area contributed by atoms with E-state index in [0.717, 1.165) is 18.1 Å². The second-order valence-corrected chi connectivity index (χ2v) is 4.64. The van der Waals surface area contributed by atoms with Gasteiger partial charge in [-0.15, -0.1) is 10.2 Å². The van der Waals surface area contributed by atoms with Crippen molar-refractivity contribution in [1.82, 2.24) is 10.2 Å². The topological polar surface area (TPSA) is 49.2 Å². The molecule has 0 saturated carbocycles. The molecule has 2 rings (SSSR count). The van der Waals surface area contributed by atoms with E-state index >= 15 is 0 Å². The zero-order chi connectivity index (χ0) is 9.47. The van der Waals surface area contributed by atoms with Gasteiger partial charge in [-0.3, -0.25) is 0 Å². The molecule has 0 radical (unpaired) electrons. The highest BCUT2D eigenvalue weighted by Gasteiger charge is 2.41. The second kappa shape index (κ2) is 2.92. The van der Waals surface area contributed by atoms with Crippen LogP contribution >= 0.6 is 11.3 Å². The smallest absolute Gasteiger partial charge is 0.208 e. The molecule has 1 aliphatic heterocycles. The van der Waals surface area contributed by atoms with Crippen molar-refractivity contribution >= 4 is 16.5 Å². The fraction of sp³-hybridized carbons (Fsp3) is 0.750. The number of nitrogens with zero attached hydrogens (tertiary/aromatic N) is 3. The van der Waals surface area contributed by atoms with Crippen molar-refractivity contribution in [3.63, 3.8) is 0 Å². The van der Waals surface area contributed by atoms with E-state index in [1.807, 2.05) is 13.8 Å². The van der Waals surface area contributed by atoms with Gasteiger partial charge in [0.1, 0.15) is 5.51 Å². The van der Waals surface area contributed by atoms with Crippen molar-refractivity contribution in [2.75, 3.05) is 11.4 Å². The maximum Gasteiger partial charge on any atom is 0.208 e. The Morgan fingerprint density at radius 2 is 2.46 bits per heavy atom. The fourth-order valence-corrected chi connectivity index (χ4v) is 2.44. The molecule has 1 unspecified atom stereocenters. The molecule has 1 aromatic rings. The Hall–Kier alpha value is -0.680. The predicted octanol–water partition coefficient (Wildman–Crippen LogP) is 0.888. The molecule has 0 aromatic carbocycles. The Bertz CT molecular complexity index is 286. The van der Waals surface area contributed by atoms with Crippen LogP contribution in [0, 0.1) is 0 Å². The molecule has 1 aliphatic rings. The summed E-state index contributed by atoms with van der Waals surface area (Å²) in [6.07, 6.45) is 0.545. The lowest BCUT2D eigenvalue weighted by Crippen LogP contribution is -2.45. The molecule has 1 atom stereocenters. The molecule has 0 aliphatic carbocycles. The van der Waals surface area contributed by atoms with Crippen LogP contribution < -0.4 is 4.90 Å². The molecule has 0 amide bonds. The number of aliphatic hydroxyl groups is 1. The highest BCUT2D eigenvalue weighted by Crippen LogP contribution is 2.34. The Morgan fingerprint density at radius 3 is 2.92 bits per heavy atom. The zero-order valence-electron chi connectivity index (χ0n) is 7.77. The summed E-state index contributed by atoms with van der Waals surface area (Å²) in [7, 11) is 0. The van der Waals surface area contributed by atoms with Gasteiger partial charge in [0, 0.05) is 6.54 Å². The van der Waals surface area contributed by atoms with Crippen molar-refractivity contribution in [2.24, 2.45) is 0 Å². The minimum absolute atomic E-state index is 0.209. The molecule has 2 heterocycles. The van der Waals surface area contributed by atoms with Gasteiger partial charge in [-0.05, 0) is 20.3 Å². The number of rotatable bonds is 1. The molecule has 4 nitrogen and oxygen atoms in total. The number of hydrogen-bond acceptors (Lipinski definition) is 5. The van der Waals surface area contributed by atoms with E-state index in [0.29, 0.717) is 0 Å². The van der Waals surface area contributed by atoms with Crippen LogP contribution in [-0.2, 0) is 0 Å². The Labute approximate surface area is 81.2 Å². The maximum absolute atomic E-state index is 9.74. The van der Waals surface area contributed by atoms with Gasteiger partial charge in [0.2, 0.25) is 5.13 Å². The Balaban J connectivity index is 2.27. The van der Waals surface area contributed by atoms with Crippen LogP contribution in [0.4, 0.5) is 5.13 Å². The highest BCUT2D eigenvalue weighted by molar-refractivity contribution is 7.13. The summed E-state index contributed by atoms with van der Waals surface area (Å²) in [6, 6.07) is 0. The molecule has 13 heavy (non-hydrogen) atoms. The third-order valence-corrected chi connectivity index (χ3v) is 3.43. The second-order valence-electron chi connectivity index (χ2n) is 3.83. The lowest BCUT2D eigenvalue weighted by Gasteiger charge is -2.32. The SMILES string of the molecule is CC1(C)C(O)CCN1c1nncs1. The van der Waals surface area contributed by atoms with Gasteiger partial charge in [-0.25, -0.2) is 0 Å². The molecule has 1 fully saturated rings. The van der Waals surface area contributed by atoms with Crippen molar-refractivity contribution in [2.45, 2.75) is 31.9 Å². The van der Waals surface area contributed by atoms with Gasteiger partial charge < -0.3 is 10.0 Å². The van der Waals surface area contributed by atoms with Crippen LogP contribution in [0.15, 0.2) is 5.51 Å². The van der Waals surface area contributed by atoms with Gasteiger partial charge >= 0.3 is 0 Å². The highest BCUT2D eigenvalue weighted by atomic mass is 32.1. The summed E-state index contributed by atoms with van der Waals surface area (Å²) >= 11 is 1.52. The van der Waals surface area contributed by atoms with Crippen molar-refractivity contribution in [3.05, 3.63) is 5.51 Å². The molecule has 72 valence electrons. The molecular formula is C8H13N3OS. The first-order chi connectivity index (χ1) is 6.12. The van der Waals surface area contributed by atoms with Crippen molar-refractivity contribution in [3.8, 4) is 0 Å². The van der Waals surface area contributed by atoms with Crippen LogP contribution in [-0.4, -0.2) is 33.5 Å². The summed E-state index contributed by atoms with van der Waals surface area (Å²) in [5, 5.41) is 18.5. The van der Waals surface area contributed by atoms with Crippen molar-refractivity contribution in [1.29, 1.82) is 0 Å². The summed E-state index contributed by atoms with van der Waals surface area (Å²) in [5.74, 6) is 0. The van der Waals surface area contributed by atoms with Gasteiger partial charge in [-0.2, -0.15) is 0 Å². The minimum Gasteiger partial charge on any atom is -0.391 e. The summed E-state index contributed by atoms with van der Waals surface area (Å²) < 4.78 is 0. The lowest BCUT2D eigenvalue weighted by molar-refractivity contribution is 0.127. The van der Waals surface area contributed by atoms with E-state index in [-0.39, 0.29) is 11.6 Å². The Kier molecular flexibility index (Phi) is 2.00. The van der Waals surface area contributed by atoms with Gasteiger partial charge in [-0.1, -0.05) is 11.3 Å². The van der Waals surface area contributed by atoms with Crippen molar-refractivity contribution < 1.29 is 5.11 Å². The first kappa shape index (κ1) is 8.90. The van der Waals surface area contributed by atoms with E-state index in [9.17, 15) is 5.11 Å². The maximum atomic E-state index is 9.74. The average molecular weight is 199 g/mol. The average Bonchev–Trinajstić information content (AvgIpc) is 2.62. The lowest BCUT2D eigenvalue weighted by atomic mass is 9.99. The number of aliphatic hydroxyl groups excluding tert-OH is 1. The number of hydrogen-bond donors (Lipinski definition) is 1. The number of aromatic nitrogens is 2. The third kappa shape index (κ3) is 1.32. The first-order valence-corrected chi connectivity index (χ1v) is 5.22. The van der Waals surface area contributed by atoms with E-state index in [1.54, 1.807) is 5.51 Å². The molecule has 0 spiro atoms. The standard InChI is InChI=1S/C8H13N3OS/c1-8(2)6(12)3-4-11(8)7-10-9-5-13-7/h5-6,12H,3-4H2,1-2H3. The summed E-state index contributed by atoms with van der Waals surface area (Å²) in [4.78, 5) is 2.12. The van der Waals surface area contributed by atoms with Crippen LogP contribution in [0.25, 0.3) is 0 Å². The van der Waals surface area contributed by atoms with Crippen LogP contribution in [0.1, 0.15) is 20.3 Å². The predicted molar refractivity (Wildman–Crippen MR) is 52.0 cm³/mol. The van der Waals surface area contributed by atoms with Gasteiger partial charge in [0.15, 0.2) is 0 Å². The van der Waals surface area contributed by atoms with E-state index < -0.39 is 0 Å². The first-order valence-electron chi connectivity index (χ1n) is 4.34. The molecular weight excluding hydrogens is 186 g/mol. The zero-order valence-corrected chi connectivity index (χ0v) is 8.58. The van der Waals surface area contributed by atoms with E-state index in [1.165, 1.54) is 11.3 Å². The van der Waals surface area contributed by atoms with Gasteiger partial charge in [0.25, 0.3) is 0 Å². The molecule has 1 saturated heterocycles. The molecule has 0 bridgehead atoms. The fourth-order valence-electron chi connectivity index (χ4n) is 1.70. The third-order valence-electron chi connectivity index (χ3n) is 2.72. The van der Waals surface area contributed by atoms with E-state index in [2.05, 4.69) is 15.1 Å². The molecule has 5 heteroatoms. The minimum atomic E-state index is -0.267. The van der Waals surface area contributed by atoms with Crippen LogP contribution in [0.5, 0.6) is 0 Å². The molecule has 1 aromatic heterocycles. The van der Waals surface area contributed by atoms with Crippen LogP contribution in [0.2, 0.25) is 0 Å². The Morgan fingerprint density at radius 1 is 1.69 bits per heavy atom. The van der Waals surface area contributed by atoms with Crippen LogP contribution in [0.3, 0.4) is 0 Å². The summed E-state index contributed by atoms with van der Waals surface area (Å²) in [5.41, 5.74) is 1.51. The molecule has 1 N–H and O–H groups in total. The van der Waals surface area contributed by atoms with E-state index in [4.69, 9.17) is 0 Å². The monoisotopic (exact) mass is 199 g/mol. The summed E-state index contributed by atoms with van der Waals surface area (Å²) in [6.45, 7) is 4.93. The largest absolute Gasteiger partial charge is 0.391 e. The number of anilines is 1. The normalized spacial score (nSPS) is 26.7. The quantitative estimate of drug-likeness (QED) is 0.729. The van der Waals surface area contributed by atoms with Gasteiger partial charge in [0.05, 0.1) is 11.6 Å².